The second-order valence-corrected chi connectivity index (χ2v) is 10.3. The highest BCUT2D eigenvalue weighted by Crippen LogP contribution is 2.29. The quantitative estimate of drug-likeness (QED) is 0.599. The fourth-order valence-corrected chi connectivity index (χ4v) is 5.59. The molecule has 0 aromatic heterocycles. The molecule has 0 spiro atoms. The Kier molecular flexibility index (Phi) is 6.97. The normalized spacial score (nSPS) is 17.5. The number of alkyl halides is 3. The number of amides is 1. The lowest BCUT2D eigenvalue weighted by Crippen LogP contribution is -2.48. The number of carbonyl (C=O) groups is 1. The Balaban J connectivity index is 1.61. The third-order valence-electron chi connectivity index (χ3n) is 6.18. The molecular weight excluding hydrogens is 474 g/mol. The predicted octanol–water partition coefficient (Wildman–Crippen LogP) is 3.00. The molecule has 6 nitrogen and oxygen atoms in total. The number of rotatable bonds is 6. The Hall–Kier alpha value is -2.50. The Morgan fingerprint density at radius 3 is 2.44 bits per heavy atom. The molecule has 4 rings (SSSR count). The maximum atomic E-state index is 14.6. The van der Waals surface area contributed by atoms with Gasteiger partial charge in [0.1, 0.15) is 11.9 Å². The minimum Gasteiger partial charge on any atom is -0.341 e. The summed E-state index contributed by atoms with van der Waals surface area (Å²) in [5.74, 6) is -1.10. The lowest BCUT2D eigenvalue weighted by molar-refractivity contribution is -0.137. The molecule has 2 N–H and O–H groups in total. The maximum Gasteiger partial charge on any atom is 0.416 e. The van der Waals surface area contributed by atoms with Crippen LogP contribution in [0.5, 0.6) is 0 Å². The summed E-state index contributed by atoms with van der Waals surface area (Å²) in [6.07, 6.45) is -2.59. The number of sulfonamides is 1. The fraction of sp³-hybridized carbons (Fsp3) is 0.435. The smallest absolute Gasteiger partial charge is 0.341 e. The van der Waals surface area contributed by atoms with Gasteiger partial charge in [-0.15, -0.1) is 0 Å². The third-order valence-corrected chi connectivity index (χ3v) is 7.63. The highest BCUT2D eigenvalue weighted by atomic mass is 32.2. The van der Waals surface area contributed by atoms with E-state index in [4.69, 9.17) is 0 Å². The van der Waals surface area contributed by atoms with E-state index in [0.717, 1.165) is 31.0 Å². The standard InChI is InChI=1S/C23H25F4N3O3S/c24-20-13-18(12-16-7-8-28-14-19(16)20)34(32,33)29-21(22(31)30-9-1-2-10-30)11-15-3-5-17(6-4-15)23(25,26)27/h3-6,12-13,21,28-29H,1-2,7-11,14H2/t21-/m1/s1. The minimum atomic E-state index is -4.50. The number of halogens is 4. The van der Waals surface area contributed by atoms with Gasteiger partial charge in [-0.1, -0.05) is 12.1 Å². The molecule has 11 heteroatoms. The van der Waals surface area contributed by atoms with Crippen molar-refractivity contribution in [3.05, 3.63) is 64.5 Å². The molecule has 2 aliphatic heterocycles. The Morgan fingerprint density at radius 2 is 1.79 bits per heavy atom. The zero-order valence-corrected chi connectivity index (χ0v) is 19.1. The molecule has 1 saturated heterocycles. The molecule has 1 atom stereocenters. The molecule has 184 valence electrons. The average Bonchev–Trinajstić information content (AvgIpc) is 3.33. The van der Waals surface area contributed by atoms with E-state index < -0.39 is 39.5 Å². The van der Waals surface area contributed by atoms with Gasteiger partial charge >= 0.3 is 6.18 Å². The van der Waals surface area contributed by atoms with E-state index in [0.29, 0.717) is 49.3 Å². The molecule has 2 aromatic rings. The van der Waals surface area contributed by atoms with Crippen LogP contribution in [-0.4, -0.2) is 44.9 Å². The summed E-state index contributed by atoms with van der Waals surface area (Å²) in [6.45, 7) is 1.85. The van der Waals surface area contributed by atoms with Crippen LogP contribution in [0.2, 0.25) is 0 Å². The van der Waals surface area contributed by atoms with Gasteiger partial charge in [0.2, 0.25) is 15.9 Å². The maximum absolute atomic E-state index is 14.6. The SMILES string of the molecule is O=C([C@@H](Cc1ccc(C(F)(F)F)cc1)NS(=O)(=O)c1cc(F)c2c(c1)CCNC2)N1CCCC1. The summed E-state index contributed by atoms with van der Waals surface area (Å²) < 4.78 is 82.0. The van der Waals surface area contributed by atoms with Gasteiger partial charge in [-0.05, 0) is 67.6 Å². The van der Waals surface area contributed by atoms with E-state index in [1.165, 1.54) is 23.1 Å². The number of nitrogens with zero attached hydrogens (tertiary/aromatic N) is 1. The van der Waals surface area contributed by atoms with Gasteiger partial charge in [-0.25, -0.2) is 12.8 Å². The first kappa shape index (κ1) is 24.6. The topological polar surface area (TPSA) is 78.5 Å². The molecule has 2 aromatic carbocycles. The van der Waals surface area contributed by atoms with Gasteiger partial charge in [0.25, 0.3) is 0 Å². The number of fused-ring (bicyclic) bond motifs is 1. The van der Waals surface area contributed by atoms with Gasteiger partial charge in [-0.2, -0.15) is 17.9 Å². The first-order valence-electron chi connectivity index (χ1n) is 11.0. The van der Waals surface area contributed by atoms with Crippen molar-refractivity contribution in [3.63, 3.8) is 0 Å². The average molecular weight is 500 g/mol. The number of hydrogen-bond donors (Lipinski definition) is 2. The largest absolute Gasteiger partial charge is 0.416 e. The van der Waals surface area contributed by atoms with Gasteiger partial charge in [0, 0.05) is 25.2 Å². The second-order valence-electron chi connectivity index (χ2n) is 8.57. The third kappa shape index (κ3) is 5.42. The number of carbonyl (C=O) groups excluding carboxylic acids is 1. The van der Waals surface area contributed by atoms with Crippen LogP contribution in [-0.2, 0) is 40.4 Å². The van der Waals surface area contributed by atoms with Crippen molar-refractivity contribution in [1.82, 2.24) is 14.9 Å². The number of benzene rings is 2. The highest BCUT2D eigenvalue weighted by molar-refractivity contribution is 7.89. The highest BCUT2D eigenvalue weighted by Gasteiger charge is 2.33. The van der Waals surface area contributed by atoms with Crippen LogP contribution < -0.4 is 10.0 Å². The van der Waals surface area contributed by atoms with Crippen molar-refractivity contribution >= 4 is 15.9 Å². The summed E-state index contributed by atoms with van der Waals surface area (Å²) in [6, 6.07) is 5.36. The first-order chi connectivity index (χ1) is 16.0. The zero-order chi connectivity index (χ0) is 24.5. The van der Waals surface area contributed by atoms with Crippen LogP contribution in [0.25, 0.3) is 0 Å². The predicted molar refractivity (Wildman–Crippen MR) is 117 cm³/mol. The van der Waals surface area contributed by atoms with Crippen molar-refractivity contribution in [1.29, 1.82) is 0 Å². The monoisotopic (exact) mass is 499 g/mol. The molecule has 1 amide bonds. The van der Waals surface area contributed by atoms with Crippen LogP contribution in [0.4, 0.5) is 17.6 Å². The Bertz CT molecular complexity index is 1160. The fourth-order valence-electron chi connectivity index (χ4n) is 4.34. The first-order valence-corrected chi connectivity index (χ1v) is 12.5. The van der Waals surface area contributed by atoms with E-state index in [1.807, 2.05) is 0 Å². The number of likely N-dealkylation sites (tertiary alicyclic amines) is 1. The number of hydrogen-bond acceptors (Lipinski definition) is 4. The lowest BCUT2D eigenvalue weighted by Gasteiger charge is -2.25. The zero-order valence-electron chi connectivity index (χ0n) is 18.3. The summed E-state index contributed by atoms with van der Waals surface area (Å²) in [7, 11) is -4.28. The van der Waals surface area contributed by atoms with Gasteiger partial charge in [-0.3, -0.25) is 4.79 Å². The molecule has 2 heterocycles. The molecule has 0 aliphatic carbocycles. The van der Waals surface area contributed by atoms with E-state index in [-0.39, 0.29) is 11.3 Å². The van der Waals surface area contributed by atoms with Crippen LogP contribution >= 0.6 is 0 Å². The molecule has 0 saturated carbocycles. The van der Waals surface area contributed by atoms with Crippen LogP contribution in [0.15, 0.2) is 41.3 Å². The van der Waals surface area contributed by atoms with Gasteiger partial charge in [0.15, 0.2) is 0 Å². The molecule has 0 unspecified atom stereocenters. The van der Waals surface area contributed by atoms with E-state index in [2.05, 4.69) is 10.0 Å². The summed E-state index contributed by atoms with van der Waals surface area (Å²) in [5, 5.41) is 3.03. The molecule has 0 bridgehead atoms. The van der Waals surface area contributed by atoms with Gasteiger partial charge < -0.3 is 10.2 Å². The molecule has 34 heavy (non-hydrogen) atoms. The summed E-state index contributed by atoms with van der Waals surface area (Å²) in [5.41, 5.74) is 0.540. The Morgan fingerprint density at radius 1 is 1.12 bits per heavy atom. The van der Waals surface area contributed by atoms with Crippen LogP contribution in [0.1, 0.15) is 35.1 Å². The van der Waals surface area contributed by atoms with Crippen molar-refractivity contribution in [2.45, 2.75) is 49.3 Å². The summed E-state index contributed by atoms with van der Waals surface area (Å²) in [4.78, 5) is 14.4. The van der Waals surface area contributed by atoms with Crippen LogP contribution in [0, 0.1) is 5.82 Å². The lowest BCUT2D eigenvalue weighted by atomic mass is 10.0. The summed E-state index contributed by atoms with van der Waals surface area (Å²) >= 11 is 0. The second kappa shape index (κ2) is 9.63. The van der Waals surface area contributed by atoms with Crippen LogP contribution in [0.3, 0.4) is 0 Å². The van der Waals surface area contributed by atoms with Gasteiger partial charge in [0.05, 0.1) is 10.5 Å². The van der Waals surface area contributed by atoms with E-state index in [1.54, 1.807) is 0 Å². The molecule has 0 radical (unpaired) electrons. The minimum absolute atomic E-state index is 0.135. The number of nitrogens with one attached hydrogen (secondary N) is 2. The van der Waals surface area contributed by atoms with E-state index >= 15 is 0 Å². The van der Waals surface area contributed by atoms with Crippen molar-refractivity contribution in [2.24, 2.45) is 0 Å². The van der Waals surface area contributed by atoms with Crippen molar-refractivity contribution in [3.8, 4) is 0 Å². The Labute approximate surface area is 195 Å². The molecule has 2 aliphatic rings. The molecular formula is C23H25F4N3O3S. The van der Waals surface area contributed by atoms with E-state index in [9.17, 15) is 30.8 Å². The molecule has 1 fully saturated rings. The van der Waals surface area contributed by atoms with Crippen molar-refractivity contribution < 1.29 is 30.8 Å². The van der Waals surface area contributed by atoms with Crippen molar-refractivity contribution in [2.75, 3.05) is 19.6 Å².